The van der Waals surface area contributed by atoms with Crippen molar-refractivity contribution in [2.24, 2.45) is 10.8 Å². The number of hydrazone groups is 1. The number of tetrazole rings is 1. The van der Waals surface area contributed by atoms with Gasteiger partial charge in [-0.2, -0.15) is 5.10 Å². The lowest BCUT2D eigenvalue weighted by Crippen LogP contribution is -2.58. The highest BCUT2D eigenvalue weighted by Crippen LogP contribution is 2.25. The number of hydrogen-bond acceptors (Lipinski definition) is 11. The van der Waals surface area contributed by atoms with Crippen molar-refractivity contribution < 1.29 is 33.4 Å². The van der Waals surface area contributed by atoms with Gasteiger partial charge in [-0.3, -0.25) is 19.2 Å². The molecule has 3 aromatic rings. The van der Waals surface area contributed by atoms with Gasteiger partial charge in [0.2, 0.25) is 11.8 Å². The highest BCUT2D eigenvalue weighted by molar-refractivity contribution is 6.03. The Morgan fingerprint density at radius 3 is 2.48 bits per heavy atom. The second kappa shape index (κ2) is 18.5. The number of carbonyl (C=O) groups excluding carboxylic acids is 5. The maximum atomic E-state index is 14.5. The molecule has 5 amide bonds. The normalized spacial score (nSPS) is 15.8. The summed E-state index contributed by atoms with van der Waals surface area (Å²) in [5.41, 5.74) is 8.28. The molecule has 278 valence electrons. The van der Waals surface area contributed by atoms with Crippen LogP contribution in [0, 0.1) is 0 Å². The zero-order valence-electron chi connectivity index (χ0n) is 29.8. The number of benzene rings is 2. The number of aromatic nitrogens is 4. The van der Waals surface area contributed by atoms with Crippen LogP contribution >= 0.6 is 0 Å². The first-order chi connectivity index (χ1) is 24.9. The number of esters is 1. The number of ether oxygens (including phenoxy) is 2. The van der Waals surface area contributed by atoms with E-state index in [1.54, 1.807) is 32.9 Å². The molecule has 17 nitrogen and oxygen atoms in total. The predicted octanol–water partition coefficient (Wildman–Crippen LogP) is 1.93. The first kappa shape index (κ1) is 39.1. The standard InChI is InChI=1S/C35H46N10O7/c1-35(2,3)52-30(46)20-24(21-37-41-34(36)50)38-32(48)28-16-10-11-19-44(28)33(49)27(17-18-29-40-42-43-45(29)22-51-4)39-31(47)26-15-9-8-14-25(26)23-12-6-5-7-13-23/h5-9,12-15,21,24,27-28H,10-11,16-20,22H2,1-4H3,(H,38,48)(H,39,47)(H3,36,41,50)/b37-21+/t24-,27-,28-/m0/s1. The van der Waals surface area contributed by atoms with Crippen LogP contribution in [-0.2, 0) is 37.0 Å². The van der Waals surface area contributed by atoms with Crippen molar-refractivity contribution in [2.75, 3.05) is 13.7 Å². The Kier molecular flexibility index (Phi) is 13.9. The largest absolute Gasteiger partial charge is 0.460 e. The summed E-state index contributed by atoms with van der Waals surface area (Å²) in [5.74, 6) is -1.66. The van der Waals surface area contributed by atoms with Crippen LogP contribution in [0.3, 0.4) is 0 Å². The van der Waals surface area contributed by atoms with Crippen molar-refractivity contribution >= 4 is 35.9 Å². The summed E-state index contributed by atoms with van der Waals surface area (Å²) in [6.45, 7) is 5.47. The number of carbonyl (C=O) groups is 5. The minimum absolute atomic E-state index is 0.0921. The number of nitrogens with two attached hydrogens (primary N) is 1. The highest BCUT2D eigenvalue weighted by Gasteiger charge is 2.37. The molecule has 0 unspecified atom stereocenters. The third-order valence-electron chi connectivity index (χ3n) is 8.03. The van der Waals surface area contributed by atoms with Crippen LogP contribution in [0.1, 0.15) is 69.1 Å². The van der Waals surface area contributed by atoms with E-state index in [1.165, 1.54) is 22.9 Å². The molecule has 1 aliphatic heterocycles. The Hall–Kier alpha value is -5.71. The number of primary amides is 1. The third-order valence-corrected chi connectivity index (χ3v) is 8.03. The molecule has 4 rings (SSSR count). The van der Waals surface area contributed by atoms with Crippen LogP contribution < -0.4 is 21.8 Å². The molecule has 1 aromatic heterocycles. The van der Waals surface area contributed by atoms with Crippen LogP contribution in [0.15, 0.2) is 59.7 Å². The molecule has 5 N–H and O–H groups in total. The molecule has 0 bridgehead atoms. The molecule has 1 saturated heterocycles. The van der Waals surface area contributed by atoms with Gasteiger partial charge in [-0.05, 0) is 74.1 Å². The van der Waals surface area contributed by atoms with Crippen LogP contribution in [0.5, 0.6) is 0 Å². The number of likely N-dealkylation sites (tertiary alicyclic amines) is 1. The van der Waals surface area contributed by atoms with Crippen molar-refractivity contribution in [3.8, 4) is 11.1 Å². The van der Waals surface area contributed by atoms with Crippen LogP contribution in [0.4, 0.5) is 4.79 Å². The van der Waals surface area contributed by atoms with Gasteiger partial charge in [0.25, 0.3) is 5.91 Å². The summed E-state index contributed by atoms with van der Waals surface area (Å²) >= 11 is 0. The van der Waals surface area contributed by atoms with Gasteiger partial charge in [-0.1, -0.05) is 48.5 Å². The number of rotatable bonds is 15. The molecule has 0 spiro atoms. The fraction of sp³-hybridized carbons (Fsp3) is 0.457. The topological polar surface area (TPSA) is 225 Å². The van der Waals surface area contributed by atoms with Gasteiger partial charge in [0.1, 0.15) is 24.4 Å². The zero-order valence-corrected chi connectivity index (χ0v) is 29.8. The van der Waals surface area contributed by atoms with Gasteiger partial charge in [0, 0.05) is 31.9 Å². The molecular weight excluding hydrogens is 672 g/mol. The van der Waals surface area contributed by atoms with Crippen molar-refractivity contribution in [1.82, 2.24) is 41.2 Å². The Labute approximate surface area is 301 Å². The van der Waals surface area contributed by atoms with Crippen molar-refractivity contribution in [3.05, 3.63) is 66.0 Å². The molecule has 52 heavy (non-hydrogen) atoms. The van der Waals surface area contributed by atoms with E-state index >= 15 is 0 Å². The van der Waals surface area contributed by atoms with Gasteiger partial charge in [-0.15, -0.1) is 5.10 Å². The minimum Gasteiger partial charge on any atom is -0.460 e. The quantitative estimate of drug-likeness (QED) is 0.101. The SMILES string of the molecule is COCn1nnnc1CC[C@H](NC(=O)c1ccccc1-c1ccccc1)C(=O)N1CCCC[C@H]1C(=O)N[C@H](/C=N/NC(N)=O)CC(=O)OC(C)(C)C. The molecule has 3 atom stereocenters. The van der Waals surface area contributed by atoms with E-state index in [-0.39, 0.29) is 32.5 Å². The fourth-order valence-corrected chi connectivity index (χ4v) is 5.78. The monoisotopic (exact) mass is 718 g/mol. The Balaban J connectivity index is 1.59. The number of urea groups is 1. The van der Waals surface area contributed by atoms with E-state index in [0.29, 0.717) is 36.2 Å². The number of nitrogens with one attached hydrogen (secondary N) is 3. The molecule has 1 aliphatic rings. The molecule has 17 heteroatoms. The molecule has 0 radical (unpaired) electrons. The molecule has 0 saturated carbocycles. The fourth-order valence-electron chi connectivity index (χ4n) is 5.78. The smallest absolute Gasteiger partial charge is 0.332 e. The van der Waals surface area contributed by atoms with Gasteiger partial charge in [0.15, 0.2) is 5.82 Å². The summed E-state index contributed by atoms with van der Waals surface area (Å²) in [5, 5.41) is 21.1. The molecule has 1 fully saturated rings. The lowest BCUT2D eigenvalue weighted by atomic mass is 9.97. The van der Waals surface area contributed by atoms with Crippen molar-refractivity contribution in [2.45, 2.75) is 89.8 Å². The lowest BCUT2D eigenvalue weighted by Gasteiger charge is -2.37. The van der Waals surface area contributed by atoms with E-state index < -0.39 is 53.4 Å². The molecular formula is C35H46N10O7. The van der Waals surface area contributed by atoms with Gasteiger partial charge < -0.3 is 30.7 Å². The van der Waals surface area contributed by atoms with Crippen LogP contribution in [0.25, 0.3) is 11.1 Å². The summed E-state index contributed by atoms with van der Waals surface area (Å²) in [6.07, 6.45) is 2.80. The average Bonchev–Trinajstić information content (AvgIpc) is 3.56. The van der Waals surface area contributed by atoms with Gasteiger partial charge >= 0.3 is 12.0 Å². The second-order valence-electron chi connectivity index (χ2n) is 13.2. The number of amides is 5. The zero-order chi connectivity index (χ0) is 37.7. The van der Waals surface area contributed by atoms with Crippen molar-refractivity contribution in [1.29, 1.82) is 0 Å². The molecule has 2 heterocycles. The number of nitrogens with zero attached hydrogens (tertiary/aromatic N) is 6. The number of aryl methyl sites for hydroxylation is 1. The maximum Gasteiger partial charge on any atom is 0.332 e. The van der Waals surface area contributed by atoms with Crippen molar-refractivity contribution in [3.63, 3.8) is 0 Å². The number of piperidine rings is 1. The summed E-state index contributed by atoms with van der Waals surface area (Å²) in [6, 6.07) is 12.6. The third kappa shape index (κ3) is 11.4. The number of hydrogen-bond donors (Lipinski definition) is 4. The lowest BCUT2D eigenvalue weighted by molar-refractivity contribution is -0.155. The minimum atomic E-state index is -1.07. The highest BCUT2D eigenvalue weighted by atomic mass is 16.6. The average molecular weight is 719 g/mol. The van der Waals surface area contributed by atoms with Gasteiger partial charge in [0.05, 0.1) is 12.5 Å². The Bertz CT molecular complexity index is 1720. The molecule has 0 aliphatic carbocycles. The second-order valence-corrected chi connectivity index (χ2v) is 13.2. The maximum absolute atomic E-state index is 14.5. The van der Waals surface area contributed by atoms with E-state index in [4.69, 9.17) is 15.2 Å². The Morgan fingerprint density at radius 1 is 1.04 bits per heavy atom. The Morgan fingerprint density at radius 2 is 1.77 bits per heavy atom. The van der Waals surface area contributed by atoms with E-state index in [0.717, 1.165) is 5.56 Å². The number of methoxy groups -OCH3 is 1. The first-order valence-electron chi connectivity index (χ1n) is 17.0. The van der Waals surface area contributed by atoms with E-state index in [2.05, 4.69) is 36.7 Å². The summed E-state index contributed by atoms with van der Waals surface area (Å²) in [7, 11) is 1.50. The van der Waals surface area contributed by atoms with E-state index in [9.17, 15) is 24.0 Å². The predicted molar refractivity (Wildman–Crippen MR) is 189 cm³/mol. The van der Waals surface area contributed by atoms with Gasteiger partial charge in [-0.25, -0.2) is 14.9 Å². The first-order valence-corrected chi connectivity index (χ1v) is 17.0. The summed E-state index contributed by atoms with van der Waals surface area (Å²) < 4.78 is 12.0. The van der Waals surface area contributed by atoms with Crippen LogP contribution in [-0.4, -0.2) is 98.4 Å². The van der Waals surface area contributed by atoms with Crippen LogP contribution in [0.2, 0.25) is 0 Å². The molecule has 2 aromatic carbocycles. The van der Waals surface area contributed by atoms with E-state index in [1.807, 2.05) is 42.5 Å². The summed E-state index contributed by atoms with van der Waals surface area (Å²) in [4.78, 5) is 67.6.